The number of hydrogen-bond donors (Lipinski definition) is 2. The van der Waals surface area contributed by atoms with E-state index < -0.39 is 15.1 Å². The molecule has 0 aliphatic carbocycles. The number of aliphatic hydroxyl groups excluding tert-OH is 1. The summed E-state index contributed by atoms with van der Waals surface area (Å²) in [5.74, 6) is 0. The van der Waals surface area contributed by atoms with E-state index in [9.17, 15) is 8.42 Å². The van der Waals surface area contributed by atoms with Gasteiger partial charge in [0.05, 0.1) is 22.4 Å². The number of rotatable bonds is 4. The van der Waals surface area contributed by atoms with Crippen molar-refractivity contribution >= 4 is 26.9 Å². The molecule has 6 heteroatoms. The van der Waals surface area contributed by atoms with Crippen LogP contribution in [-0.4, -0.2) is 25.8 Å². The van der Waals surface area contributed by atoms with Crippen molar-refractivity contribution in [1.29, 1.82) is 0 Å². The summed E-state index contributed by atoms with van der Waals surface area (Å²) in [6, 6.07) is 0. The van der Waals surface area contributed by atoms with Crippen molar-refractivity contribution in [2.45, 2.75) is 30.6 Å². The fraction of sp³-hybridized carbons (Fsp3) is 0.556. The van der Waals surface area contributed by atoms with Gasteiger partial charge in [-0.1, -0.05) is 0 Å². The molecule has 0 saturated heterocycles. The average Bonchev–Trinajstić information content (AvgIpc) is 2.60. The van der Waals surface area contributed by atoms with Gasteiger partial charge in [0.2, 0.25) is 0 Å². The van der Waals surface area contributed by atoms with Crippen LogP contribution in [0.1, 0.15) is 18.7 Å². The summed E-state index contributed by atoms with van der Waals surface area (Å²) in [4.78, 5) is 0.936. The van der Waals surface area contributed by atoms with Gasteiger partial charge in [0.15, 0.2) is 9.84 Å². The zero-order valence-electron chi connectivity index (χ0n) is 8.94. The standard InChI is InChI=1S/C9H15NO3S2/c1-6(2)15(12,13)8-5-14-7(4-11)9(8)10-3/h5-6,10-11H,4H2,1-3H3. The summed E-state index contributed by atoms with van der Waals surface area (Å²) >= 11 is 1.25. The molecule has 86 valence electrons. The fourth-order valence-electron chi connectivity index (χ4n) is 1.22. The molecule has 0 aliphatic heterocycles. The quantitative estimate of drug-likeness (QED) is 0.848. The van der Waals surface area contributed by atoms with Gasteiger partial charge in [-0.2, -0.15) is 0 Å². The zero-order valence-corrected chi connectivity index (χ0v) is 10.6. The van der Waals surface area contributed by atoms with E-state index in [0.29, 0.717) is 10.6 Å². The maximum absolute atomic E-state index is 11.9. The molecule has 1 aromatic rings. The van der Waals surface area contributed by atoms with Gasteiger partial charge in [-0.25, -0.2) is 8.42 Å². The van der Waals surface area contributed by atoms with Crippen LogP contribution in [0.5, 0.6) is 0 Å². The van der Waals surface area contributed by atoms with E-state index in [4.69, 9.17) is 5.11 Å². The molecule has 2 N–H and O–H groups in total. The molecule has 1 rings (SSSR count). The Balaban J connectivity index is 3.33. The third-order valence-electron chi connectivity index (χ3n) is 2.15. The Kier molecular flexibility index (Phi) is 3.75. The van der Waals surface area contributed by atoms with E-state index in [1.54, 1.807) is 26.3 Å². The van der Waals surface area contributed by atoms with Crippen molar-refractivity contribution in [2.75, 3.05) is 12.4 Å². The summed E-state index contributed by atoms with van der Waals surface area (Å²) in [7, 11) is -1.62. The molecule has 15 heavy (non-hydrogen) atoms. The summed E-state index contributed by atoms with van der Waals surface area (Å²) in [5, 5.41) is 13.0. The predicted molar refractivity (Wildman–Crippen MR) is 62.1 cm³/mol. The number of anilines is 1. The van der Waals surface area contributed by atoms with Gasteiger partial charge >= 0.3 is 0 Å². The van der Waals surface area contributed by atoms with Crippen LogP contribution in [0.4, 0.5) is 5.69 Å². The summed E-state index contributed by atoms with van der Waals surface area (Å²) in [6.45, 7) is 3.14. The first-order valence-corrected chi connectivity index (χ1v) is 7.00. The SMILES string of the molecule is CNc1c(S(=O)(=O)C(C)C)csc1CO. The van der Waals surface area contributed by atoms with Crippen LogP contribution >= 0.6 is 11.3 Å². The lowest BCUT2D eigenvalue weighted by atomic mass is 10.4. The van der Waals surface area contributed by atoms with Crippen LogP contribution in [0.25, 0.3) is 0 Å². The zero-order chi connectivity index (χ0) is 11.6. The van der Waals surface area contributed by atoms with E-state index >= 15 is 0 Å². The molecule has 0 saturated carbocycles. The number of aliphatic hydroxyl groups is 1. The summed E-state index contributed by atoms with van der Waals surface area (Å²) < 4.78 is 23.9. The van der Waals surface area contributed by atoms with Crippen molar-refractivity contribution in [2.24, 2.45) is 0 Å². The van der Waals surface area contributed by atoms with Crippen molar-refractivity contribution in [3.8, 4) is 0 Å². The topological polar surface area (TPSA) is 66.4 Å². The summed E-state index contributed by atoms with van der Waals surface area (Å²) in [5.41, 5.74) is 0.524. The van der Waals surface area contributed by atoms with Gasteiger partial charge in [-0.3, -0.25) is 0 Å². The third kappa shape index (κ3) is 2.16. The highest BCUT2D eigenvalue weighted by atomic mass is 32.2. The molecule has 0 aromatic carbocycles. The van der Waals surface area contributed by atoms with Crippen molar-refractivity contribution < 1.29 is 13.5 Å². The van der Waals surface area contributed by atoms with Gasteiger partial charge < -0.3 is 10.4 Å². The average molecular weight is 249 g/mol. The molecule has 4 nitrogen and oxygen atoms in total. The van der Waals surface area contributed by atoms with Gasteiger partial charge in [0.1, 0.15) is 4.90 Å². The van der Waals surface area contributed by atoms with Crippen LogP contribution in [0.2, 0.25) is 0 Å². The minimum atomic E-state index is -3.27. The minimum Gasteiger partial charge on any atom is -0.391 e. The first-order chi connectivity index (χ1) is 6.95. The van der Waals surface area contributed by atoms with Crippen molar-refractivity contribution in [1.82, 2.24) is 0 Å². The Labute approximate surface area is 93.9 Å². The lowest BCUT2D eigenvalue weighted by molar-refractivity contribution is 0.286. The second-order valence-electron chi connectivity index (χ2n) is 3.40. The van der Waals surface area contributed by atoms with E-state index in [1.807, 2.05) is 0 Å². The fourth-order valence-corrected chi connectivity index (χ4v) is 3.76. The lowest BCUT2D eigenvalue weighted by Crippen LogP contribution is -2.14. The number of nitrogens with one attached hydrogen (secondary N) is 1. The maximum Gasteiger partial charge on any atom is 0.183 e. The molecular weight excluding hydrogens is 234 g/mol. The van der Waals surface area contributed by atoms with Crippen LogP contribution < -0.4 is 5.32 Å². The van der Waals surface area contributed by atoms with E-state index in [-0.39, 0.29) is 11.5 Å². The van der Waals surface area contributed by atoms with Gasteiger partial charge in [0, 0.05) is 12.4 Å². The Morgan fingerprint density at radius 3 is 2.53 bits per heavy atom. The first kappa shape index (κ1) is 12.5. The van der Waals surface area contributed by atoms with E-state index in [0.717, 1.165) is 0 Å². The molecule has 0 radical (unpaired) electrons. The molecule has 0 bridgehead atoms. The molecule has 0 atom stereocenters. The maximum atomic E-state index is 11.9. The van der Waals surface area contributed by atoms with Crippen LogP contribution in [-0.2, 0) is 16.4 Å². The Morgan fingerprint density at radius 1 is 1.53 bits per heavy atom. The largest absolute Gasteiger partial charge is 0.391 e. The second kappa shape index (κ2) is 4.51. The lowest BCUT2D eigenvalue weighted by Gasteiger charge is -2.09. The second-order valence-corrected chi connectivity index (χ2v) is 6.84. The van der Waals surface area contributed by atoms with Crippen molar-refractivity contribution in [3.63, 3.8) is 0 Å². The molecule has 0 fully saturated rings. The predicted octanol–water partition coefficient (Wildman–Crippen LogP) is 1.46. The van der Waals surface area contributed by atoms with Crippen molar-refractivity contribution in [3.05, 3.63) is 10.3 Å². The van der Waals surface area contributed by atoms with Crippen LogP contribution in [0.3, 0.4) is 0 Å². The molecule has 0 aliphatic rings. The first-order valence-electron chi connectivity index (χ1n) is 4.58. The van der Waals surface area contributed by atoms with Gasteiger partial charge in [-0.15, -0.1) is 11.3 Å². The van der Waals surface area contributed by atoms with E-state index in [1.165, 1.54) is 11.3 Å². The minimum absolute atomic E-state index is 0.144. The molecule has 0 spiro atoms. The highest BCUT2D eigenvalue weighted by molar-refractivity contribution is 7.92. The Hall–Kier alpha value is -0.590. The Morgan fingerprint density at radius 2 is 2.13 bits per heavy atom. The monoisotopic (exact) mass is 249 g/mol. The van der Waals surface area contributed by atoms with Crippen LogP contribution in [0, 0.1) is 0 Å². The number of sulfone groups is 1. The normalized spacial score (nSPS) is 12.1. The van der Waals surface area contributed by atoms with Crippen LogP contribution in [0.15, 0.2) is 10.3 Å². The molecule has 1 heterocycles. The molecule has 1 aromatic heterocycles. The highest BCUT2D eigenvalue weighted by Gasteiger charge is 2.25. The molecule has 0 unspecified atom stereocenters. The van der Waals surface area contributed by atoms with Gasteiger partial charge in [-0.05, 0) is 13.8 Å². The Bertz CT molecular complexity index is 434. The number of thiophene rings is 1. The molecule has 0 amide bonds. The van der Waals surface area contributed by atoms with Gasteiger partial charge in [0.25, 0.3) is 0 Å². The van der Waals surface area contributed by atoms with E-state index in [2.05, 4.69) is 5.32 Å². The third-order valence-corrected chi connectivity index (χ3v) is 5.45. The highest BCUT2D eigenvalue weighted by Crippen LogP contribution is 2.33. The molecular formula is C9H15NO3S2. The number of hydrogen-bond acceptors (Lipinski definition) is 5. The smallest absolute Gasteiger partial charge is 0.183 e. The summed E-state index contributed by atoms with van der Waals surface area (Å²) in [6.07, 6.45) is 0.